The minimum Gasteiger partial charge on any atom is -0.481 e. The van der Waals surface area contributed by atoms with Crippen LogP contribution in [0.2, 0.25) is 0 Å². The zero-order valence-corrected chi connectivity index (χ0v) is 17.0. The highest BCUT2D eigenvalue weighted by atomic mass is 16.7. The molecule has 4 rings (SSSR count). The average Bonchev–Trinajstić information content (AvgIpc) is 2.64. The van der Waals surface area contributed by atoms with Crippen LogP contribution in [0.4, 0.5) is 0 Å². The van der Waals surface area contributed by atoms with Crippen molar-refractivity contribution in [2.45, 2.75) is 70.6 Å². The first-order chi connectivity index (χ1) is 13.2. The minimum absolute atomic E-state index is 0.0116. The molecule has 1 unspecified atom stereocenters. The van der Waals surface area contributed by atoms with Crippen LogP contribution in [0, 0.1) is 47.3 Å². The second kappa shape index (κ2) is 8.82. The molecule has 4 aliphatic carbocycles. The summed E-state index contributed by atoms with van der Waals surface area (Å²) in [5, 5.41) is 9.38. The van der Waals surface area contributed by atoms with E-state index >= 15 is 0 Å². The van der Waals surface area contributed by atoms with E-state index in [0.717, 1.165) is 55.0 Å². The third-order valence-electron chi connectivity index (χ3n) is 8.59. The Labute approximate surface area is 164 Å². The molecule has 0 bridgehead atoms. The van der Waals surface area contributed by atoms with Crippen LogP contribution < -0.4 is 0 Å². The van der Waals surface area contributed by atoms with E-state index in [1.165, 1.54) is 57.8 Å². The fourth-order valence-corrected chi connectivity index (χ4v) is 7.36. The number of hydrogen-bond donors (Lipinski definition) is 1. The summed E-state index contributed by atoms with van der Waals surface area (Å²) in [5.74, 6) is 5.40. The van der Waals surface area contributed by atoms with Crippen molar-refractivity contribution in [1.82, 2.24) is 0 Å². The zero-order chi connectivity index (χ0) is 18.8. The van der Waals surface area contributed by atoms with E-state index in [4.69, 9.17) is 9.47 Å². The van der Waals surface area contributed by atoms with Crippen LogP contribution in [0.3, 0.4) is 0 Å². The van der Waals surface area contributed by atoms with Gasteiger partial charge in [0, 0.05) is 13.7 Å². The van der Waals surface area contributed by atoms with Gasteiger partial charge in [0.1, 0.15) is 6.79 Å². The predicted molar refractivity (Wildman–Crippen MR) is 104 cm³/mol. The second-order valence-electron chi connectivity index (χ2n) is 9.81. The lowest BCUT2D eigenvalue weighted by atomic mass is 9.28. The summed E-state index contributed by atoms with van der Waals surface area (Å²) in [6.45, 7) is 1.24. The fraction of sp³-hybridized carbons (Fsp3) is 0.957. The lowest BCUT2D eigenvalue weighted by Gasteiger charge is -2.76. The number of unbranched alkanes of at least 4 members (excludes halogenated alkanes) is 5. The number of carbonyl (C=O) groups is 1. The quantitative estimate of drug-likeness (QED) is 0.385. The second-order valence-corrected chi connectivity index (χ2v) is 9.81. The van der Waals surface area contributed by atoms with Gasteiger partial charge in [0.15, 0.2) is 0 Å². The molecule has 4 aliphatic rings. The number of carboxylic acids is 1. The molecule has 0 heterocycles. The molecule has 0 aromatic heterocycles. The monoisotopic (exact) mass is 378 g/mol. The molecule has 0 aromatic carbocycles. The molecule has 0 saturated heterocycles. The molecule has 1 N–H and O–H groups in total. The number of aliphatic carboxylic acids is 1. The molecule has 0 spiro atoms. The molecule has 0 aliphatic heterocycles. The van der Waals surface area contributed by atoms with Crippen molar-refractivity contribution in [2.24, 2.45) is 47.3 Å². The van der Waals surface area contributed by atoms with Crippen molar-refractivity contribution < 1.29 is 19.4 Å². The van der Waals surface area contributed by atoms with E-state index < -0.39 is 5.97 Å². The van der Waals surface area contributed by atoms with E-state index in [1.807, 2.05) is 0 Å². The van der Waals surface area contributed by atoms with Crippen molar-refractivity contribution in [1.29, 1.82) is 0 Å². The summed E-state index contributed by atoms with van der Waals surface area (Å²) in [6.07, 6.45) is 14.6. The van der Waals surface area contributed by atoms with Gasteiger partial charge in [-0.15, -0.1) is 0 Å². The lowest BCUT2D eigenvalue weighted by molar-refractivity contribution is -0.288. The van der Waals surface area contributed by atoms with Gasteiger partial charge in [-0.25, -0.2) is 0 Å². The minimum atomic E-state index is -0.518. The Morgan fingerprint density at radius 2 is 1.67 bits per heavy atom. The van der Waals surface area contributed by atoms with Crippen LogP contribution in [-0.2, 0) is 14.3 Å². The maximum atomic E-state index is 11.4. The average molecular weight is 379 g/mol. The van der Waals surface area contributed by atoms with Gasteiger partial charge in [0.2, 0.25) is 0 Å². The van der Waals surface area contributed by atoms with Crippen LogP contribution in [0.15, 0.2) is 0 Å². The fourth-order valence-electron chi connectivity index (χ4n) is 7.36. The van der Waals surface area contributed by atoms with Crippen molar-refractivity contribution in [3.63, 3.8) is 0 Å². The third-order valence-corrected chi connectivity index (χ3v) is 8.59. The smallest absolute Gasteiger partial charge is 0.306 e. The Balaban J connectivity index is 1.06. The SMILES string of the molecule is COCOCCCCCCCC[C@H]1CC[C@@H]2[C@H](C1)[C@H]1[C@@H]3C(C(=O)O)C[C@@H]3[C@@H]21. The molecule has 27 heavy (non-hydrogen) atoms. The van der Waals surface area contributed by atoms with Gasteiger partial charge in [0.05, 0.1) is 5.92 Å². The third kappa shape index (κ3) is 3.81. The summed E-state index contributed by atoms with van der Waals surface area (Å²) >= 11 is 0. The number of rotatable bonds is 12. The van der Waals surface area contributed by atoms with Crippen LogP contribution >= 0.6 is 0 Å². The first-order valence-corrected chi connectivity index (χ1v) is 11.5. The van der Waals surface area contributed by atoms with Gasteiger partial charge < -0.3 is 14.6 Å². The van der Waals surface area contributed by atoms with E-state index in [1.54, 1.807) is 7.11 Å². The molecular weight excluding hydrogens is 340 g/mol. The molecule has 4 heteroatoms. The molecular formula is C23H38O4. The van der Waals surface area contributed by atoms with E-state index in [0.29, 0.717) is 12.7 Å². The molecule has 0 radical (unpaired) electrons. The number of methoxy groups -OCH3 is 1. The highest BCUT2D eigenvalue weighted by molar-refractivity contribution is 5.72. The Bertz CT molecular complexity index is 507. The van der Waals surface area contributed by atoms with Gasteiger partial charge in [-0.3, -0.25) is 4.79 Å². The Kier molecular flexibility index (Phi) is 6.43. The first-order valence-electron chi connectivity index (χ1n) is 11.5. The van der Waals surface area contributed by atoms with Crippen molar-refractivity contribution in [3.8, 4) is 0 Å². The largest absolute Gasteiger partial charge is 0.481 e. The van der Waals surface area contributed by atoms with Gasteiger partial charge in [-0.1, -0.05) is 44.9 Å². The molecule has 0 amide bonds. The maximum Gasteiger partial charge on any atom is 0.306 e. The topological polar surface area (TPSA) is 55.8 Å². The Hall–Kier alpha value is -0.610. The molecule has 0 aromatic rings. The number of ether oxygens (including phenoxy) is 2. The number of hydrogen-bond acceptors (Lipinski definition) is 3. The summed E-state index contributed by atoms with van der Waals surface area (Å²) in [5.41, 5.74) is 0. The molecule has 4 saturated carbocycles. The van der Waals surface area contributed by atoms with Crippen LogP contribution in [0.5, 0.6) is 0 Å². The maximum absolute atomic E-state index is 11.4. The Morgan fingerprint density at radius 3 is 2.44 bits per heavy atom. The summed E-state index contributed by atoms with van der Waals surface area (Å²) < 4.78 is 10.2. The molecule has 8 atom stereocenters. The molecule has 4 nitrogen and oxygen atoms in total. The summed E-state index contributed by atoms with van der Waals surface area (Å²) in [6, 6.07) is 0. The zero-order valence-electron chi connectivity index (χ0n) is 17.0. The van der Waals surface area contributed by atoms with E-state index in [9.17, 15) is 9.90 Å². The predicted octanol–water partition coefficient (Wildman–Crippen LogP) is 4.97. The van der Waals surface area contributed by atoms with Crippen LogP contribution in [-0.4, -0.2) is 31.6 Å². The highest BCUT2D eigenvalue weighted by Crippen LogP contribution is 2.76. The molecule has 154 valence electrons. The summed E-state index contributed by atoms with van der Waals surface area (Å²) in [4.78, 5) is 11.4. The standard InChI is InChI=1S/C23H38O4/c1-26-14-27-11-7-5-3-2-4-6-8-15-9-10-16-17(12-15)22-20(16)18-13-19(21(18)22)23(24)25/h15-22H,2-14H2,1H3,(H,24,25)/t15-,16+,17-,18+,19?,20+,21-,22+/m0/s1. The normalized spacial score (nSPS) is 41.4. The number of carboxylic acid groups (broad SMARTS) is 1. The van der Waals surface area contributed by atoms with Gasteiger partial charge in [-0.05, 0) is 67.1 Å². The van der Waals surface area contributed by atoms with Crippen LogP contribution in [0.25, 0.3) is 0 Å². The first kappa shape index (κ1) is 19.7. The Morgan fingerprint density at radius 1 is 0.889 bits per heavy atom. The summed E-state index contributed by atoms with van der Waals surface area (Å²) in [7, 11) is 1.67. The van der Waals surface area contributed by atoms with Crippen molar-refractivity contribution in [3.05, 3.63) is 0 Å². The van der Waals surface area contributed by atoms with Gasteiger partial charge in [0.25, 0.3) is 0 Å². The van der Waals surface area contributed by atoms with Gasteiger partial charge >= 0.3 is 5.97 Å². The van der Waals surface area contributed by atoms with E-state index in [-0.39, 0.29) is 5.92 Å². The van der Waals surface area contributed by atoms with Crippen molar-refractivity contribution >= 4 is 5.97 Å². The van der Waals surface area contributed by atoms with E-state index in [2.05, 4.69) is 0 Å². The number of fused-ring (bicyclic) bond motifs is 7. The molecule has 4 fully saturated rings. The highest BCUT2D eigenvalue weighted by Gasteiger charge is 2.72. The van der Waals surface area contributed by atoms with Gasteiger partial charge in [-0.2, -0.15) is 0 Å². The van der Waals surface area contributed by atoms with Crippen LogP contribution in [0.1, 0.15) is 70.6 Å². The lowest BCUT2D eigenvalue weighted by Crippen LogP contribution is -2.73. The van der Waals surface area contributed by atoms with Crippen molar-refractivity contribution in [2.75, 3.05) is 20.5 Å².